The van der Waals surface area contributed by atoms with Gasteiger partial charge in [-0.05, 0) is 39.8 Å². The SMILES string of the molecule is Cc1cc(C(=O)NC2(C(N)=S)CCN(C)CC2)c(C)nn1. The fourth-order valence-corrected chi connectivity index (χ4v) is 2.75. The van der Waals surface area contributed by atoms with E-state index in [0.717, 1.165) is 25.9 Å². The number of amides is 1. The van der Waals surface area contributed by atoms with Crippen LogP contribution in [0.25, 0.3) is 0 Å². The number of hydrogen-bond acceptors (Lipinski definition) is 5. The van der Waals surface area contributed by atoms with Crippen molar-refractivity contribution < 1.29 is 4.79 Å². The van der Waals surface area contributed by atoms with E-state index in [1.54, 1.807) is 13.0 Å². The summed E-state index contributed by atoms with van der Waals surface area (Å²) in [4.78, 5) is 15.1. The van der Waals surface area contributed by atoms with Crippen LogP contribution >= 0.6 is 12.2 Å². The van der Waals surface area contributed by atoms with Crippen LogP contribution in [-0.2, 0) is 0 Å². The summed E-state index contributed by atoms with van der Waals surface area (Å²) >= 11 is 5.21. The lowest BCUT2D eigenvalue weighted by Gasteiger charge is -2.40. The molecule has 0 atom stereocenters. The molecular weight excluding hydrogens is 286 g/mol. The van der Waals surface area contributed by atoms with Crippen LogP contribution < -0.4 is 11.1 Å². The molecule has 1 fully saturated rings. The molecule has 2 heterocycles. The summed E-state index contributed by atoms with van der Waals surface area (Å²) < 4.78 is 0. The van der Waals surface area contributed by atoms with Gasteiger partial charge in [0.2, 0.25) is 0 Å². The van der Waals surface area contributed by atoms with Crippen LogP contribution in [0.4, 0.5) is 0 Å². The fourth-order valence-electron chi connectivity index (χ4n) is 2.50. The molecule has 1 aromatic heterocycles. The number of carbonyl (C=O) groups excluding carboxylic acids is 1. The van der Waals surface area contributed by atoms with Gasteiger partial charge in [0.25, 0.3) is 5.91 Å². The Bertz CT molecular complexity index is 566. The Morgan fingerprint density at radius 1 is 1.38 bits per heavy atom. The number of carbonyl (C=O) groups is 1. The molecule has 21 heavy (non-hydrogen) atoms. The van der Waals surface area contributed by atoms with Gasteiger partial charge in [-0.15, -0.1) is 0 Å². The highest BCUT2D eigenvalue weighted by atomic mass is 32.1. The van der Waals surface area contributed by atoms with Crippen LogP contribution in [0.3, 0.4) is 0 Å². The van der Waals surface area contributed by atoms with Gasteiger partial charge >= 0.3 is 0 Å². The number of piperidine rings is 1. The van der Waals surface area contributed by atoms with Crippen molar-refractivity contribution in [3.05, 3.63) is 23.0 Å². The average Bonchev–Trinajstić information content (AvgIpc) is 2.44. The predicted octanol–water partition coefficient (Wildman–Crippen LogP) is 0.574. The zero-order valence-corrected chi connectivity index (χ0v) is 13.5. The minimum absolute atomic E-state index is 0.192. The van der Waals surface area contributed by atoms with E-state index in [4.69, 9.17) is 18.0 Å². The minimum atomic E-state index is -0.609. The van der Waals surface area contributed by atoms with Gasteiger partial charge in [0.15, 0.2) is 0 Å². The van der Waals surface area contributed by atoms with Crippen LogP contribution in [0.15, 0.2) is 6.07 Å². The van der Waals surface area contributed by atoms with Crippen LogP contribution in [0, 0.1) is 13.8 Å². The summed E-state index contributed by atoms with van der Waals surface area (Å²) in [5, 5.41) is 11.0. The molecule has 0 aliphatic carbocycles. The molecule has 1 aromatic rings. The number of nitrogens with zero attached hydrogens (tertiary/aromatic N) is 3. The maximum Gasteiger partial charge on any atom is 0.254 e. The molecule has 114 valence electrons. The summed E-state index contributed by atoms with van der Waals surface area (Å²) in [5.41, 5.74) is 7.14. The van der Waals surface area contributed by atoms with Crippen LogP contribution in [0.5, 0.6) is 0 Å². The van der Waals surface area contributed by atoms with E-state index in [2.05, 4.69) is 20.4 Å². The Hall–Kier alpha value is -1.60. The molecule has 7 heteroatoms. The summed E-state index contributed by atoms with van der Waals surface area (Å²) in [6, 6.07) is 1.74. The van der Waals surface area contributed by atoms with Crippen molar-refractivity contribution in [1.82, 2.24) is 20.4 Å². The number of rotatable bonds is 3. The molecule has 0 aromatic carbocycles. The Balaban J connectivity index is 2.23. The topological polar surface area (TPSA) is 84.1 Å². The number of nitrogens with one attached hydrogen (secondary N) is 1. The highest BCUT2D eigenvalue weighted by Gasteiger charge is 2.38. The predicted molar refractivity (Wildman–Crippen MR) is 85.2 cm³/mol. The van der Waals surface area contributed by atoms with Crippen LogP contribution in [0.1, 0.15) is 34.6 Å². The zero-order valence-electron chi connectivity index (χ0n) is 12.6. The first-order chi connectivity index (χ1) is 9.84. The summed E-state index contributed by atoms with van der Waals surface area (Å²) in [6.45, 7) is 5.28. The molecule has 3 N–H and O–H groups in total. The first-order valence-electron chi connectivity index (χ1n) is 6.96. The van der Waals surface area contributed by atoms with Crippen molar-refractivity contribution in [1.29, 1.82) is 0 Å². The summed E-state index contributed by atoms with van der Waals surface area (Å²) in [5.74, 6) is -0.192. The molecule has 0 unspecified atom stereocenters. The lowest BCUT2D eigenvalue weighted by Crippen LogP contribution is -2.61. The smallest absolute Gasteiger partial charge is 0.254 e. The molecule has 0 radical (unpaired) electrons. The monoisotopic (exact) mass is 307 g/mol. The van der Waals surface area contributed by atoms with E-state index < -0.39 is 5.54 Å². The quantitative estimate of drug-likeness (QED) is 0.795. The van der Waals surface area contributed by atoms with E-state index in [9.17, 15) is 4.79 Å². The fraction of sp³-hybridized carbons (Fsp3) is 0.571. The maximum absolute atomic E-state index is 12.6. The third kappa shape index (κ3) is 3.36. The van der Waals surface area contributed by atoms with Gasteiger partial charge in [-0.2, -0.15) is 10.2 Å². The van der Waals surface area contributed by atoms with Gasteiger partial charge in [0.05, 0.1) is 27.5 Å². The number of nitrogens with two attached hydrogens (primary N) is 1. The highest BCUT2D eigenvalue weighted by Crippen LogP contribution is 2.23. The normalized spacial score (nSPS) is 18.2. The van der Waals surface area contributed by atoms with Gasteiger partial charge in [0.1, 0.15) is 0 Å². The molecule has 2 rings (SSSR count). The first kappa shape index (κ1) is 15.8. The average molecular weight is 307 g/mol. The lowest BCUT2D eigenvalue weighted by atomic mass is 9.87. The number of thiocarbonyl (C=S) groups is 1. The van der Waals surface area contributed by atoms with Crippen molar-refractivity contribution >= 4 is 23.1 Å². The van der Waals surface area contributed by atoms with Crippen molar-refractivity contribution in [2.75, 3.05) is 20.1 Å². The molecule has 0 bridgehead atoms. The Morgan fingerprint density at radius 2 is 2.00 bits per heavy atom. The highest BCUT2D eigenvalue weighted by molar-refractivity contribution is 7.80. The molecule has 1 saturated heterocycles. The molecular formula is C14H21N5OS. The Morgan fingerprint density at radius 3 is 2.57 bits per heavy atom. The number of aryl methyl sites for hydroxylation is 2. The second-order valence-corrected chi connectivity index (χ2v) is 6.13. The van der Waals surface area contributed by atoms with E-state index in [1.807, 2.05) is 14.0 Å². The lowest BCUT2D eigenvalue weighted by molar-refractivity contribution is 0.0889. The molecule has 1 aliphatic rings. The molecule has 1 amide bonds. The third-order valence-corrected chi connectivity index (χ3v) is 4.40. The third-order valence-electron chi connectivity index (χ3n) is 4.01. The van der Waals surface area contributed by atoms with E-state index in [-0.39, 0.29) is 5.91 Å². The van der Waals surface area contributed by atoms with Crippen molar-refractivity contribution in [3.63, 3.8) is 0 Å². The van der Waals surface area contributed by atoms with Gasteiger partial charge in [-0.1, -0.05) is 12.2 Å². The van der Waals surface area contributed by atoms with Gasteiger partial charge in [0, 0.05) is 13.1 Å². The van der Waals surface area contributed by atoms with Crippen LogP contribution in [0.2, 0.25) is 0 Å². The zero-order chi connectivity index (χ0) is 15.6. The molecule has 1 aliphatic heterocycles. The second kappa shape index (κ2) is 6.03. The maximum atomic E-state index is 12.6. The van der Waals surface area contributed by atoms with E-state index in [0.29, 0.717) is 21.9 Å². The molecule has 6 nitrogen and oxygen atoms in total. The van der Waals surface area contributed by atoms with E-state index >= 15 is 0 Å². The number of likely N-dealkylation sites (tertiary alicyclic amines) is 1. The van der Waals surface area contributed by atoms with Crippen molar-refractivity contribution in [2.24, 2.45) is 5.73 Å². The van der Waals surface area contributed by atoms with Crippen molar-refractivity contribution in [3.8, 4) is 0 Å². The standard InChI is InChI=1S/C14H21N5OS/c1-9-8-11(10(2)18-17-9)12(20)16-14(13(15)21)4-6-19(3)7-5-14/h8H,4-7H2,1-3H3,(H2,15,21)(H,16,20). The number of aromatic nitrogens is 2. The van der Waals surface area contributed by atoms with Gasteiger partial charge in [-0.25, -0.2) is 0 Å². The first-order valence-corrected chi connectivity index (χ1v) is 7.37. The number of hydrogen-bond donors (Lipinski definition) is 2. The summed E-state index contributed by atoms with van der Waals surface area (Å²) in [7, 11) is 2.05. The van der Waals surface area contributed by atoms with E-state index in [1.165, 1.54) is 0 Å². The summed E-state index contributed by atoms with van der Waals surface area (Å²) in [6.07, 6.45) is 1.45. The minimum Gasteiger partial charge on any atom is -0.391 e. The molecule has 0 spiro atoms. The second-order valence-electron chi connectivity index (χ2n) is 5.69. The van der Waals surface area contributed by atoms with Crippen LogP contribution in [-0.4, -0.2) is 51.7 Å². The van der Waals surface area contributed by atoms with Gasteiger partial charge < -0.3 is 16.0 Å². The molecule has 0 saturated carbocycles. The van der Waals surface area contributed by atoms with Gasteiger partial charge in [-0.3, -0.25) is 4.79 Å². The Labute approximate surface area is 130 Å². The Kier molecular flexibility index (Phi) is 4.53. The largest absolute Gasteiger partial charge is 0.391 e. The van der Waals surface area contributed by atoms with Crippen molar-refractivity contribution in [2.45, 2.75) is 32.2 Å².